The van der Waals surface area contributed by atoms with Crippen molar-refractivity contribution in [2.24, 2.45) is 11.8 Å². The first kappa shape index (κ1) is 24.3. The number of carbonyl (C=O) groups excluding carboxylic acids is 2. The number of carbonyl (C=O) groups is 2. The van der Waals surface area contributed by atoms with Gasteiger partial charge < -0.3 is 19.9 Å². The summed E-state index contributed by atoms with van der Waals surface area (Å²) < 4.78 is 10.7. The number of hydrogen-bond acceptors (Lipinski definition) is 6. The number of hydroxylamine groups is 1. The molecule has 0 heterocycles. The molecule has 4 N–H and O–H groups in total. The van der Waals surface area contributed by atoms with Crippen molar-refractivity contribution < 1.29 is 29.4 Å². The van der Waals surface area contributed by atoms with Gasteiger partial charge in [0.2, 0.25) is 11.8 Å². The van der Waals surface area contributed by atoms with Gasteiger partial charge in [0.05, 0.1) is 18.8 Å². The fourth-order valence-corrected chi connectivity index (χ4v) is 3.77. The first-order valence-corrected chi connectivity index (χ1v) is 10.6. The topological polar surface area (TPSA) is 117 Å². The molecule has 2 atom stereocenters. The Kier molecular flexibility index (Phi) is 10.8. The van der Waals surface area contributed by atoms with Crippen molar-refractivity contribution in [1.29, 1.82) is 0 Å². The highest BCUT2D eigenvalue weighted by Gasteiger charge is 2.29. The van der Waals surface area contributed by atoms with Crippen LogP contribution in [0.4, 0.5) is 0 Å². The predicted molar refractivity (Wildman–Crippen MR) is 111 cm³/mol. The molecule has 1 aliphatic carbocycles. The number of benzene rings is 1. The second-order valence-electron chi connectivity index (χ2n) is 7.79. The Labute approximate surface area is 177 Å². The van der Waals surface area contributed by atoms with Crippen LogP contribution in [-0.2, 0) is 25.5 Å². The number of ether oxygens (including phenoxy) is 2. The van der Waals surface area contributed by atoms with Crippen molar-refractivity contribution in [3.05, 3.63) is 35.9 Å². The van der Waals surface area contributed by atoms with Crippen LogP contribution in [-0.4, -0.2) is 54.3 Å². The number of hydrogen-bond donors (Lipinski definition) is 4. The number of amides is 2. The Balaban J connectivity index is 2.02. The van der Waals surface area contributed by atoms with Crippen LogP contribution >= 0.6 is 0 Å². The molecule has 1 fully saturated rings. The summed E-state index contributed by atoms with van der Waals surface area (Å²) in [6.07, 6.45) is 2.94. The van der Waals surface area contributed by atoms with Crippen LogP contribution in [0.1, 0.15) is 44.6 Å². The molecule has 8 nitrogen and oxygen atoms in total. The van der Waals surface area contributed by atoms with Crippen LogP contribution in [0.25, 0.3) is 0 Å². The van der Waals surface area contributed by atoms with Crippen LogP contribution in [0.15, 0.2) is 30.3 Å². The molecule has 0 aliphatic heterocycles. The summed E-state index contributed by atoms with van der Waals surface area (Å²) in [6, 6.07) is 9.12. The zero-order chi connectivity index (χ0) is 21.8. The maximum atomic E-state index is 12.8. The quantitative estimate of drug-likeness (QED) is 0.177. The lowest BCUT2D eigenvalue weighted by atomic mass is 9.86. The van der Waals surface area contributed by atoms with Gasteiger partial charge in [0.25, 0.3) is 0 Å². The number of aliphatic hydroxyl groups is 1. The average molecular weight is 423 g/mol. The predicted octanol–water partition coefficient (Wildman–Crippen LogP) is 1.79. The lowest BCUT2D eigenvalue weighted by Crippen LogP contribution is -2.45. The van der Waals surface area contributed by atoms with E-state index in [2.05, 4.69) is 5.32 Å². The summed E-state index contributed by atoms with van der Waals surface area (Å²) in [5, 5.41) is 21.9. The molecule has 0 saturated heterocycles. The molecule has 2 rings (SSSR count). The summed E-state index contributed by atoms with van der Waals surface area (Å²) in [7, 11) is 0. The van der Waals surface area contributed by atoms with Crippen molar-refractivity contribution in [1.82, 2.24) is 10.8 Å². The Bertz CT molecular complexity index is 634. The van der Waals surface area contributed by atoms with Crippen LogP contribution in [0, 0.1) is 11.8 Å². The van der Waals surface area contributed by atoms with Crippen LogP contribution in [0.5, 0.6) is 0 Å². The van der Waals surface area contributed by atoms with Crippen LogP contribution in [0.3, 0.4) is 0 Å². The van der Waals surface area contributed by atoms with E-state index >= 15 is 0 Å². The molecule has 1 aliphatic rings. The molecule has 2 amide bonds. The van der Waals surface area contributed by atoms with Crippen LogP contribution < -0.4 is 10.8 Å². The van der Waals surface area contributed by atoms with E-state index in [0.717, 1.165) is 5.56 Å². The van der Waals surface area contributed by atoms with E-state index in [1.165, 1.54) is 0 Å². The van der Waals surface area contributed by atoms with Crippen molar-refractivity contribution in [3.63, 3.8) is 0 Å². The van der Waals surface area contributed by atoms with Crippen molar-refractivity contribution in [3.8, 4) is 0 Å². The van der Waals surface area contributed by atoms with Gasteiger partial charge in [0.15, 0.2) is 0 Å². The fraction of sp³-hybridized carbons (Fsp3) is 0.636. The number of rotatable bonds is 12. The Morgan fingerprint density at radius 2 is 1.83 bits per heavy atom. The minimum absolute atomic E-state index is 0.0882. The fourth-order valence-electron chi connectivity index (χ4n) is 3.77. The van der Waals surface area contributed by atoms with Gasteiger partial charge in [-0.25, -0.2) is 5.48 Å². The maximum absolute atomic E-state index is 12.8. The first-order chi connectivity index (χ1) is 14.5. The third-order valence-corrected chi connectivity index (χ3v) is 5.48. The number of nitrogens with one attached hydrogen (secondary N) is 2. The van der Waals surface area contributed by atoms with E-state index in [-0.39, 0.29) is 31.3 Å². The largest absolute Gasteiger partial charge is 0.393 e. The molecular formula is C22H34N2O6. The average Bonchev–Trinajstić information content (AvgIpc) is 2.76. The molecule has 30 heavy (non-hydrogen) atoms. The minimum atomic E-state index is -0.536. The summed E-state index contributed by atoms with van der Waals surface area (Å²) in [4.78, 5) is 25.0. The van der Waals surface area contributed by atoms with Gasteiger partial charge >= 0.3 is 0 Å². The standard InChI is InChI=1S/C22H34N2O6/c1-2-29-15-30-14-19(23-21(26)17-8-10-20(25)11-9-17)13-18(22(27)24-28)12-16-6-4-3-5-7-16/h3-7,17-20,25,28H,2,8-15H2,1H3,(H,23,26)(H,24,27)/t17-,18-,19-,20-/m0/s1. The van der Waals surface area contributed by atoms with Gasteiger partial charge in [0.1, 0.15) is 6.79 Å². The smallest absolute Gasteiger partial charge is 0.246 e. The van der Waals surface area contributed by atoms with Crippen molar-refractivity contribution in [2.75, 3.05) is 20.0 Å². The molecular weight excluding hydrogens is 388 g/mol. The third-order valence-electron chi connectivity index (χ3n) is 5.48. The Hall–Kier alpha value is -2.00. The molecule has 0 spiro atoms. The molecule has 0 unspecified atom stereocenters. The van der Waals surface area contributed by atoms with E-state index in [1.807, 2.05) is 37.3 Å². The summed E-state index contributed by atoms with van der Waals surface area (Å²) in [5.74, 6) is -1.27. The lowest BCUT2D eigenvalue weighted by molar-refractivity contribution is -0.135. The highest BCUT2D eigenvalue weighted by Crippen LogP contribution is 2.25. The van der Waals surface area contributed by atoms with E-state index in [4.69, 9.17) is 9.47 Å². The second-order valence-corrected chi connectivity index (χ2v) is 7.79. The zero-order valence-electron chi connectivity index (χ0n) is 17.6. The summed E-state index contributed by atoms with van der Waals surface area (Å²) in [6.45, 7) is 2.69. The molecule has 1 saturated carbocycles. The van der Waals surface area contributed by atoms with E-state index < -0.39 is 17.9 Å². The molecule has 0 bridgehead atoms. The maximum Gasteiger partial charge on any atom is 0.246 e. The number of aliphatic hydroxyl groups excluding tert-OH is 1. The monoisotopic (exact) mass is 422 g/mol. The van der Waals surface area contributed by atoms with Gasteiger partial charge in [-0.15, -0.1) is 0 Å². The minimum Gasteiger partial charge on any atom is -0.393 e. The molecule has 1 aromatic rings. The summed E-state index contributed by atoms with van der Waals surface area (Å²) >= 11 is 0. The van der Waals surface area contributed by atoms with Crippen molar-refractivity contribution in [2.45, 2.75) is 57.6 Å². The zero-order valence-corrected chi connectivity index (χ0v) is 17.6. The Morgan fingerprint density at radius 1 is 1.13 bits per heavy atom. The SMILES string of the molecule is CCOCOC[C@H](C[C@H](Cc1ccccc1)C(=O)NO)NC(=O)[C@H]1CC[C@H](O)CC1. The first-order valence-electron chi connectivity index (χ1n) is 10.6. The summed E-state index contributed by atoms with van der Waals surface area (Å²) in [5.41, 5.74) is 2.71. The third kappa shape index (κ3) is 8.39. The van der Waals surface area contributed by atoms with E-state index in [1.54, 1.807) is 5.48 Å². The van der Waals surface area contributed by atoms with Crippen molar-refractivity contribution >= 4 is 11.8 Å². The highest BCUT2D eigenvalue weighted by atomic mass is 16.7. The van der Waals surface area contributed by atoms with Gasteiger partial charge in [-0.1, -0.05) is 30.3 Å². The lowest BCUT2D eigenvalue weighted by Gasteiger charge is -2.28. The van der Waals surface area contributed by atoms with Crippen LogP contribution in [0.2, 0.25) is 0 Å². The highest BCUT2D eigenvalue weighted by molar-refractivity contribution is 5.80. The van der Waals surface area contributed by atoms with Gasteiger partial charge in [-0.05, 0) is 51.0 Å². The molecule has 168 valence electrons. The van der Waals surface area contributed by atoms with Gasteiger partial charge in [0, 0.05) is 18.4 Å². The van der Waals surface area contributed by atoms with Gasteiger partial charge in [-0.3, -0.25) is 14.8 Å². The van der Waals surface area contributed by atoms with E-state index in [0.29, 0.717) is 45.1 Å². The van der Waals surface area contributed by atoms with Gasteiger partial charge in [-0.2, -0.15) is 0 Å². The second kappa shape index (κ2) is 13.3. The molecule has 0 aromatic heterocycles. The molecule has 0 radical (unpaired) electrons. The molecule has 1 aromatic carbocycles. The molecule has 8 heteroatoms. The normalized spacial score (nSPS) is 20.9. The van der Waals surface area contributed by atoms with E-state index in [9.17, 15) is 19.9 Å². The Morgan fingerprint density at radius 3 is 2.47 bits per heavy atom.